The number of nitrogens with zero attached hydrogens (tertiary/aromatic N) is 1. The average Bonchev–Trinajstić information content (AvgIpc) is 2.40. The topological polar surface area (TPSA) is 38.5 Å². The Morgan fingerprint density at radius 3 is 2.30 bits per heavy atom. The molecule has 0 radical (unpaired) electrons. The maximum atomic E-state index is 6.34. The van der Waals surface area contributed by atoms with Crippen LogP contribution in [-0.4, -0.2) is 37.2 Å². The first-order valence-corrected chi connectivity index (χ1v) is 7.59. The number of ether oxygens (including phenoxy) is 1. The molecule has 3 nitrogen and oxygen atoms in total. The van der Waals surface area contributed by atoms with Crippen LogP contribution in [0.4, 0.5) is 0 Å². The number of aryl methyl sites for hydroxylation is 1. The zero-order valence-corrected chi connectivity index (χ0v) is 13.6. The fourth-order valence-electron chi connectivity index (χ4n) is 2.39. The summed E-state index contributed by atoms with van der Waals surface area (Å²) in [6.07, 6.45) is 1.24. The second kappa shape index (κ2) is 8.40. The largest absolute Gasteiger partial charge is 0.377 e. The highest BCUT2D eigenvalue weighted by Gasteiger charge is 2.22. The molecule has 114 valence electrons. The summed E-state index contributed by atoms with van der Waals surface area (Å²) in [4.78, 5) is 2.31. The Kier molecular flexibility index (Phi) is 7.20. The van der Waals surface area contributed by atoms with E-state index in [4.69, 9.17) is 10.5 Å². The summed E-state index contributed by atoms with van der Waals surface area (Å²) in [5, 5.41) is 0. The highest BCUT2D eigenvalue weighted by atomic mass is 16.5. The summed E-state index contributed by atoms with van der Waals surface area (Å²) in [6.45, 7) is 10.0. The van der Waals surface area contributed by atoms with Gasteiger partial charge in [-0.3, -0.25) is 4.90 Å². The lowest BCUT2D eigenvalue weighted by Crippen LogP contribution is -2.40. The summed E-state index contributed by atoms with van der Waals surface area (Å²) < 4.78 is 5.65. The van der Waals surface area contributed by atoms with E-state index in [1.165, 1.54) is 11.1 Å². The van der Waals surface area contributed by atoms with Crippen molar-refractivity contribution in [2.24, 2.45) is 5.73 Å². The van der Waals surface area contributed by atoms with Crippen LogP contribution in [-0.2, 0) is 4.74 Å². The van der Waals surface area contributed by atoms with Crippen LogP contribution in [0.15, 0.2) is 24.3 Å². The Bertz CT molecular complexity index is 375. The van der Waals surface area contributed by atoms with Crippen molar-refractivity contribution in [1.29, 1.82) is 0 Å². The van der Waals surface area contributed by atoms with Crippen LogP contribution in [0.1, 0.15) is 44.4 Å². The Hall–Kier alpha value is -0.900. The van der Waals surface area contributed by atoms with Crippen LogP contribution >= 0.6 is 0 Å². The predicted molar refractivity (Wildman–Crippen MR) is 85.9 cm³/mol. The van der Waals surface area contributed by atoms with Crippen molar-refractivity contribution in [2.45, 2.75) is 52.3 Å². The lowest BCUT2D eigenvalue weighted by molar-refractivity contribution is 0.0527. The van der Waals surface area contributed by atoms with E-state index in [1.54, 1.807) is 0 Å². The standard InChI is InChI=1S/C17H30N2O/c1-6-16(18)17(15-9-7-14(4)8-10-15)19(5)11-12-20-13(2)3/h7-10,13,16-17H,6,11-12,18H2,1-5H3. The first kappa shape index (κ1) is 17.2. The van der Waals surface area contributed by atoms with Crippen LogP contribution in [0.25, 0.3) is 0 Å². The van der Waals surface area contributed by atoms with Gasteiger partial charge < -0.3 is 10.5 Å². The minimum Gasteiger partial charge on any atom is -0.377 e. The summed E-state index contributed by atoms with van der Waals surface area (Å²) in [5.41, 5.74) is 8.91. The number of rotatable bonds is 8. The third-order valence-corrected chi connectivity index (χ3v) is 3.67. The minimum absolute atomic E-state index is 0.141. The molecule has 2 atom stereocenters. The number of hydrogen-bond donors (Lipinski definition) is 1. The Morgan fingerprint density at radius 1 is 1.20 bits per heavy atom. The molecule has 0 bridgehead atoms. The SMILES string of the molecule is CCC(N)C(c1ccc(C)cc1)N(C)CCOC(C)C. The van der Waals surface area contributed by atoms with Gasteiger partial charge in [0.2, 0.25) is 0 Å². The molecule has 1 rings (SSSR count). The number of benzene rings is 1. The van der Waals surface area contributed by atoms with Gasteiger partial charge in [0.05, 0.1) is 12.7 Å². The van der Waals surface area contributed by atoms with Gasteiger partial charge in [-0.05, 0) is 39.8 Å². The molecule has 1 aromatic rings. The quantitative estimate of drug-likeness (QED) is 0.794. The highest BCUT2D eigenvalue weighted by molar-refractivity contribution is 5.25. The minimum atomic E-state index is 0.141. The second-order valence-corrected chi connectivity index (χ2v) is 5.83. The number of likely N-dealkylation sites (N-methyl/N-ethyl adjacent to an activating group) is 1. The first-order valence-electron chi connectivity index (χ1n) is 7.59. The number of hydrogen-bond acceptors (Lipinski definition) is 3. The summed E-state index contributed by atoms with van der Waals surface area (Å²) in [7, 11) is 2.13. The second-order valence-electron chi connectivity index (χ2n) is 5.83. The summed E-state index contributed by atoms with van der Waals surface area (Å²) >= 11 is 0. The summed E-state index contributed by atoms with van der Waals surface area (Å²) in [5.74, 6) is 0. The molecule has 1 aromatic carbocycles. The van der Waals surface area contributed by atoms with Gasteiger partial charge >= 0.3 is 0 Å². The molecular formula is C17H30N2O. The van der Waals surface area contributed by atoms with Crippen LogP contribution in [0, 0.1) is 6.92 Å². The third kappa shape index (κ3) is 5.23. The monoisotopic (exact) mass is 278 g/mol. The van der Waals surface area contributed by atoms with Crippen LogP contribution in [0.5, 0.6) is 0 Å². The molecule has 20 heavy (non-hydrogen) atoms. The molecule has 0 heterocycles. The van der Waals surface area contributed by atoms with Gasteiger partial charge in [-0.15, -0.1) is 0 Å². The van der Waals surface area contributed by atoms with Crippen LogP contribution in [0.3, 0.4) is 0 Å². The van der Waals surface area contributed by atoms with E-state index in [0.29, 0.717) is 0 Å². The summed E-state index contributed by atoms with van der Waals surface area (Å²) in [6, 6.07) is 9.08. The van der Waals surface area contributed by atoms with Crippen molar-refractivity contribution < 1.29 is 4.74 Å². The average molecular weight is 278 g/mol. The van der Waals surface area contributed by atoms with Gasteiger partial charge in [0.25, 0.3) is 0 Å². The Balaban J connectivity index is 2.75. The third-order valence-electron chi connectivity index (χ3n) is 3.67. The normalized spacial score (nSPS) is 14.8. The van der Waals surface area contributed by atoms with E-state index in [1.807, 2.05) is 0 Å². The van der Waals surface area contributed by atoms with Crippen LogP contribution < -0.4 is 5.73 Å². The van der Waals surface area contributed by atoms with E-state index < -0.39 is 0 Å². The lowest BCUT2D eigenvalue weighted by Gasteiger charge is -2.33. The van der Waals surface area contributed by atoms with E-state index >= 15 is 0 Å². The van der Waals surface area contributed by atoms with E-state index in [0.717, 1.165) is 19.6 Å². The van der Waals surface area contributed by atoms with Gasteiger partial charge in [-0.2, -0.15) is 0 Å². The molecule has 0 aliphatic rings. The van der Waals surface area contributed by atoms with Crippen molar-refractivity contribution in [3.05, 3.63) is 35.4 Å². The molecule has 0 spiro atoms. The molecule has 0 aromatic heterocycles. The van der Waals surface area contributed by atoms with Gasteiger partial charge in [0.1, 0.15) is 0 Å². The molecule has 0 aliphatic heterocycles. The maximum absolute atomic E-state index is 6.34. The lowest BCUT2D eigenvalue weighted by atomic mass is 9.96. The fourth-order valence-corrected chi connectivity index (χ4v) is 2.39. The Labute approximate surface area is 124 Å². The number of nitrogens with two attached hydrogens (primary N) is 1. The van der Waals surface area contributed by atoms with E-state index in [9.17, 15) is 0 Å². The molecule has 0 saturated heterocycles. The molecule has 2 N–H and O–H groups in total. The zero-order chi connectivity index (χ0) is 15.1. The molecule has 0 fully saturated rings. The van der Waals surface area contributed by atoms with Gasteiger partial charge in [-0.1, -0.05) is 36.8 Å². The molecular weight excluding hydrogens is 248 g/mol. The molecule has 0 amide bonds. The van der Waals surface area contributed by atoms with Crippen molar-refractivity contribution in [1.82, 2.24) is 4.90 Å². The fraction of sp³-hybridized carbons (Fsp3) is 0.647. The molecule has 0 aliphatic carbocycles. The predicted octanol–water partition coefficient (Wildman–Crippen LogP) is 3.13. The van der Waals surface area contributed by atoms with Crippen molar-refractivity contribution >= 4 is 0 Å². The molecule has 3 heteroatoms. The highest BCUT2D eigenvalue weighted by Crippen LogP contribution is 2.24. The van der Waals surface area contributed by atoms with Crippen molar-refractivity contribution in [3.8, 4) is 0 Å². The van der Waals surface area contributed by atoms with Crippen LogP contribution in [0.2, 0.25) is 0 Å². The van der Waals surface area contributed by atoms with E-state index in [2.05, 4.69) is 63.9 Å². The van der Waals surface area contributed by atoms with Gasteiger partial charge in [0.15, 0.2) is 0 Å². The Morgan fingerprint density at radius 2 is 1.80 bits per heavy atom. The molecule has 2 unspecified atom stereocenters. The maximum Gasteiger partial charge on any atom is 0.0597 e. The van der Waals surface area contributed by atoms with Gasteiger partial charge in [-0.25, -0.2) is 0 Å². The molecule has 0 saturated carbocycles. The first-order chi connectivity index (χ1) is 9.45. The van der Waals surface area contributed by atoms with Crippen molar-refractivity contribution in [2.75, 3.05) is 20.2 Å². The zero-order valence-electron chi connectivity index (χ0n) is 13.6. The van der Waals surface area contributed by atoms with Gasteiger partial charge in [0, 0.05) is 18.6 Å². The van der Waals surface area contributed by atoms with Crippen molar-refractivity contribution in [3.63, 3.8) is 0 Å². The smallest absolute Gasteiger partial charge is 0.0597 e. The van der Waals surface area contributed by atoms with E-state index in [-0.39, 0.29) is 18.2 Å².